The van der Waals surface area contributed by atoms with Crippen LogP contribution in [0.5, 0.6) is 0 Å². The number of benzene rings is 1. The molecule has 0 atom stereocenters. The summed E-state index contributed by atoms with van der Waals surface area (Å²) in [4.78, 5) is 9.74. The largest absolute Gasteiger partial charge is 0.497 e. The summed E-state index contributed by atoms with van der Waals surface area (Å²) in [5.74, 6) is -3.10. The highest BCUT2D eigenvalue weighted by Crippen LogP contribution is 2.18. The third-order valence-corrected chi connectivity index (χ3v) is 4.93. The molecule has 0 saturated heterocycles. The monoisotopic (exact) mass is 280 g/mol. The van der Waals surface area contributed by atoms with Crippen LogP contribution in [0.4, 0.5) is 13.2 Å². The van der Waals surface area contributed by atoms with E-state index in [1.165, 1.54) is 14.2 Å². The molecule has 7 heteroatoms. The lowest BCUT2D eigenvalue weighted by atomic mass is 10.1. The van der Waals surface area contributed by atoms with Crippen molar-refractivity contribution in [1.29, 1.82) is 0 Å². The van der Waals surface area contributed by atoms with Crippen LogP contribution >= 0.6 is 0 Å². The second-order valence-electron chi connectivity index (χ2n) is 3.83. The molecular formula is C11H15F3O3Si. The molecule has 1 aromatic rings. The summed E-state index contributed by atoms with van der Waals surface area (Å²) in [6.45, 7) is 0. The van der Waals surface area contributed by atoms with Crippen LogP contribution in [0.1, 0.15) is 12.0 Å². The lowest BCUT2D eigenvalue weighted by Gasteiger charge is -2.19. The van der Waals surface area contributed by atoms with Crippen molar-refractivity contribution in [2.45, 2.75) is 18.9 Å². The first kappa shape index (κ1) is 15.2. The number of halogens is 3. The van der Waals surface area contributed by atoms with Gasteiger partial charge in [-0.1, -0.05) is 0 Å². The quantitative estimate of drug-likeness (QED) is 0.641. The minimum absolute atomic E-state index is 0.0671. The van der Waals surface area contributed by atoms with Crippen molar-refractivity contribution in [2.24, 2.45) is 0 Å². The fraction of sp³-hybridized carbons (Fsp3) is 0.455. The van der Waals surface area contributed by atoms with E-state index in [4.69, 9.17) is 8.85 Å². The van der Waals surface area contributed by atoms with Gasteiger partial charge in [0.1, 0.15) is 5.82 Å². The predicted molar refractivity (Wildman–Crippen MR) is 61.4 cm³/mol. The molecule has 0 bridgehead atoms. The second kappa shape index (κ2) is 6.33. The fourth-order valence-electron chi connectivity index (χ4n) is 1.55. The lowest BCUT2D eigenvalue weighted by molar-refractivity contribution is 0.150. The van der Waals surface area contributed by atoms with Crippen molar-refractivity contribution < 1.29 is 26.8 Å². The highest BCUT2D eigenvalue weighted by molar-refractivity contribution is 6.59. The Hall–Kier alpha value is -0.893. The zero-order valence-electron chi connectivity index (χ0n) is 10.2. The first-order chi connectivity index (χ1) is 8.41. The first-order valence-corrected chi connectivity index (χ1v) is 7.35. The summed E-state index contributed by atoms with van der Waals surface area (Å²) in [6.07, 6.45) is 0.525. The molecule has 0 aromatic heterocycles. The van der Waals surface area contributed by atoms with Gasteiger partial charge in [0.05, 0.1) is 0 Å². The van der Waals surface area contributed by atoms with Crippen molar-refractivity contribution in [3.05, 3.63) is 35.1 Å². The van der Waals surface area contributed by atoms with Crippen LogP contribution in [0.15, 0.2) is 12.1 Å². The Balaban J connectivity index is 2.62. The molecule has 0 saturated carbocycles. The van der Waals surface area contributed by atoms with Gasteiger partial charge < -0.3 is 13.6 Å². The van der Waals surface area contributed by atoms with Crippen LogP contribution in [0.25, 0.3) is 0 Å². The summed E-state index contributed by atoms with van der Waals surface area (Å²) in [7, 11) is -0.529. The summed E-state index contributed by atoms with van der Waals surface area (Å²) in [5, 5.41) is 0. The maximum atomic E-state index is 13.3. The summed E-state index contributed by atoms with van der Waals surface area (Å²) in [5.41, 5.74) is 0.0671. The van der Waals surface area contributed by atoms with Gasteiger partial charge in [-0.15, -0.1) is 0 Å². The Bertz CT molecular complexity index is 411. The molecule has 1 N–H and O–H groups in total. The summed E-state index contributed by atoms with van der Waals surface area (Å²) >= 11 is 0. The minimum Gasteiger partial charge on any atom is -0.390 e. The molecule has 0 spiro atoms. The molecule has 0 heterocycles. The van der Waals surface area contributed by atoms with E-state index >= 15 is 0 Å². The average Bonchev–Trinajstić information content (AvgIpc) is 2.35. The van der Waals surface area contributed by atoms with Crippen LogP contribution in [0.3, 0.4) is 0 Å². The smallest absolute Gasteiger partial charge is 0.390 e. The topological polar surface area (TPSA) is 38.7 Å². The van der Waals surface area contributed by atoms with Crippen LogP contribution in [-0.4, -0.2) is 27.8 Å². The molecule has 0 fully saturated rings. The number of hydrogen-bond donors (Lipinski definition) is 1. The molecule has 3 nitrogen and oxygen atoms in total. The number of rotatable bonds is 6. The molecule has 102 valence electrons. The highest BCUT2D eigenvalue weighted by Gasteiger charge is 2.33. The summed E-state index contributed by atoms with van der Waals surface area (Å²) < 4.78 is 48.6. The van der Waals surface area contributed by atoms with Gasteiger partial charge in [0, 0.05) is 26.3 Å². The molecule has 0 aliphatic heterocycles. The van der Waals surface area contributed by atoms with E-state index in [1.807, 2.05) is 0 Å². The zero-order valence-corrected chi connectivity index (χ0v) is 11.2. The minimum atomic E-state index is -3.18. The Kier molecular flexibility index (Phi) is 5.33. The predicted octanol–water partition coefficient (Wildman–Crippen LogP) is 2.26. The fourth-order valence-corrected chi connectivity index (χ4v) is 2.74. The van der Waals surface area contributed by atoms with E-state index in [0.717, 1.165) is 6.07 Å². The maximum absolute atomic E-state index is 13.3. The van der Waals surface area contributed by atoms with E-state index in [-0.39, 0.29) is 18.0 Å². The second-order valence-corrected chi connectivity index (χ2v) is 6.57. The van der Waals surface area contributed by atoms with Crippen molar-refractivity contribution in [1.82, 2.24) is 0 Å². The Labute approximate surface area is 105 Å². The Morgan fingerprint density at radius 3 is 2.17 bits per heavy atom. The van der Waals surface area contributed by atoms with Crippen LogP contribution in [0, 0.1) is 17.5 Å². The van der Waals surface area contributed by atoms with Crippen LogP contribution in [0.2, 0.25) is 6.04 Å². The molecule has 1 aromatic carbocycles. The maximum Gasteiger partial charge on any atom is 0.497 e. The Morgan fingerprint density at radius 1 is 1.06 bits per heavy atom. The van der Waals surface area contributed by atoms with Crippen LogP contribution < -0.4 is 0 Å². The number of aryl methyl sites for hydroxylation is 1. The first-order valence-electron chi connectivity index (χ1n) is 5.38. The molecule has 0 aliphatic carbocycles. The van der Waals surface area contributed by atoms with Gasteiger partial charge in [-0.05, 0) is 24.5 Å². The van der Waals surface area contributed by atoms with Gasteiger partial charge >= 0.3 is 8.80 Å². The van der Waals surface area contributed by atoms with E-state index in [9.17, 15) is 18.0 Å². The van der Waals surface area contributed by atoms with E-state index < -0.39 is 26.3 Å². The zero-order chi connectivity index (χ0) is 13.8. The third-order valence-electron chi connectivity index (χ3n) is 2.67. The standard InChI is InChI=1S/C11H15F3O3Si/c1-16-18(15,17-2)5-3-4-8-6-10(13)11(14)7-9(8)12/h6-7,15H,3-5H2,1-2H3. The van der Waals surface area contributed by atoms with Crippen molar-refractivity contribution >= 4 is 8.80 Å². The molecule has 0 radical (unpaired) electrons. The normalized spacial score (nSPS) is 11.9. The molecule has 18 heavy (non-hydrogen) atoms. The third kappa shape index (κ3) is 3.81. The molecular weight excluding hydrogens is 265 g/mol. The van der Waals surface area contributed by atoms with Crippen LogP contribution in [-0.2, 0) is 15.3 Å². The van der Waals surface area contributed by atoms with Gasteiger partial charge in [0.25, 0.3) is 0 Å². The van der Waals surface area contributed by atoms with Gasteiger partial charge in [-0.2, -0.15) is 0 Å². The Morgan fingerprint density at radius 2 is 1.61 bits per heavy atom. The summed E-state index contributed by atoms with van der Waals surface area (Å²) in [6, 6.07) is 1.56. The van der Waals surface area contributed by atoms with E-state index in [2.05, 4.69) is 0 Å². The number of hydrogen-bond acceptors (Lipinski definition) is 3. The van der Waals surface area contributed by atoms with Crippen molar-refractivity contribution in [3.8, 4) is 0 Å². The highest BCUT2D eigenvalue weighted by atomic mass is 28.4. The van der Waals surface area contributed by atoms with Gasteiger partial charge in [-0.25, -0.2) is 13.2 Å². The lowest BCUT2D eigenvalue weighted by Crippen LogP contribution is -2.40. The van der Waals surface area contributed by atoms with Gasteiger partial charge in [0.2, 0.25) is 0 Å². The van der Waals surface area contributed by atoms with E-state index in [0.29, 0.717) is 12.5 Å². The average molecular weight is 280 g/mol. The molecule has 0 aliphatic rings. The molecule has 0 unspecified atom stereocenters. The van der Waals surface area contributed by atoms with Crippen molar-refractivity contribution in [2.75, 3.05) is 14.2 Å². The molecule has 1 rings (SSSR count). The van der Waals surface area contributed by atoms with Gasteiger partial charge in [-0.3, -0.25) is 0 Å². The van der Waals surface area contributed by atoms with Crippen molar-refractivity contribution in [3.63, 3.8) is 0 Å². The van der Waals surface area contributed by atoms with E-state index in [1.54, 1.807) is 0 Å². The SMILES string of the molecule is CO[Si](O)(CCCc1cc(F)c(F)cc1F)OC. The molecule has 0 amide bonds. The van der Waals surface area contributed by atoms with Gasteiger partial charge in [0.15, 0.2) is 11.6 Å².